The maximum atomic E-state index is 11.0. The highest BCUT2D eigenvalue weighted by molar-refractivity contribution is 7.89. The van der Waals surface area contributed by atoms with Crippen LogP contribution < -0.4 is 5.14 Å². The molecular weight excluding hydrogens is 218 g/mol. The van der Waals surface area contributed by atoms with Crippen LogP contribution in [0.2, 0.25) is 5.02 Å². The van der Waals surface area contributed by atoms with Gasteiger partial charge in [-0.3, -0.25) is 0 Å². The first-order valence-corrected chi connectivity index (χ1v) is 5.12. The number of rotatable bonds is 3. The van der Waals surface area contributed by atoms with Gasteiger partial charge in [0.2, 0.25) is 0 Å². The van der Waals surface area contributed by atoms with Gasteiger partial charge in [0.15, 0.2) is 5.03 Å². The molecule has 0 aromatic carbocycles. The number of hydrogen-bond acceptors (Lipinski definition) is 4. The molecule has 0 saturated carbocycles. The van der Waals surface area contributed by atoms with Gasteiger partial charge in [-0.2, -0.15) is 5.10 Å². The van der Waals surface area contributed by atoms with Gasteiger partial charge in [0.05, 0.1) is 11.2 Å². The fraction of sp³-hybridized carbons (Fsp3) is 0.400. The van der Waals surface area contributed by atoms with E-state index in [1.165, 1.54) is 13.3 Å². The van der Waals surface area contributed by atoms with Gasteiger partial charge in [0, 0.05) is 7.11 Å². The molecule has 0 aliphatic heterocycles. The summed E-state index contributed by atoms with van der Waals surface area (Å²) in [5.41, 5.74) is 0. The van der Waals surface area contributed by atoms with Crippen molar-refractivity contribution in [3.05, 3.63) is 11.2 Å². The lowest BCUT2D eigenvalue weighted by Crippen LogP contribution is -2.19. The topological polar surface area (TPSA) is 87.2 Å². The smallest absolute Gasteiger partial charge is 0.256 e. The molecule has 1 aromatic rings. The minimum absolute atomic E-state index is 0.0143. The third-order valence-electron chi connectivity index (χ3n) is 1.27. The molecule has 0 unspecified atom stereocenters. The Labute approximate surface area is 80.3 Å². The molecule has 0 saturated heterocycles. The molecular formula is C5H8ClN3O3S. The second-order valence-electron chi connectivity index (χ2n) is 2.26. The highest BCUT2D eigenvalue weighted by atomic mass is 35.5. The molecule has 0 amide bonds. The highest BCUT2D eigenvalue weighted by Crippen LogP contribution is 2.18. The van der Waals surface area contributed by atoms with Crippen molar-refractivity contribution in [2.45, 2.75) is 11.8 Å². The van der Waals surface area contributed by atoms with E-state index in [0.29, 0.717) is 0 Å². The predicted molar refractivity (Wildman–Crippen MR) is 45.6 cm³/mol. The van der Waals surface area contributed by atoms with E-state index < -0.39 is 10.0 Å². The number of hydrogen-bond donors (Lipinski definition) is 1. The van der Waals surface area contributed by atoms with Crippen molar-refractivity contribution < 1.29 is 13.2 Å². The van der Waals surface area contributed by atoms with E-state index in [1.54, 1.807) is 0 Å². The summed E-state index contributed by atoms with van der Waals surface area (Å²) in [6.45, 7) is -0.0154. The lowest BCUT2D eigenvalue weighted by Gasteiger charge is -2.03. The molecule has 0 bridgehead atoms. The molecule has 0 fully saturated rings. The summed E-state index contributed by atoms with van der Waals surface area (Å²) in [7, 11) is -2.45. The van der Waals surface area contributed by atoms with Crippen LogP contribution in [0.3, 0.4) is 0 Å². The van der Waals surface area contributed by atoms with E-state index >= 15 is 0 Å². The monoisotopic (exact) mass is 225 g/mol. The number of ether oxygens (including phenoxy) is 1. The fourth-order valence-corrected chi connectivity index (χ4v) is 2.03. The molecule has 0 atom stereocenters. The van der Waals surface area contributed by atoms with Gasteiger partial charge < -0.3 is 4.74 Å². The first-order chi connectivity index (χ1) is 5.96. The number of aromatic nitrogens is 2. The molecule has 1 aromatic heterocycles. The molecule has 2 N–H and O–H groups in total. The van der Waals surface area contributed by atoms with Crippen LogP contribution in [0.25, 0.3) is 0 Å². The van der Waals surface area contributed by atoms with Crippen molar-refractivity contribution in [3.63, 3.8) is 0 Å². The Balaban J connectivity index is 3.25. The van der Waals surface area contributed by atoms with Gasteiger partial charge in [-0.15, -0.1) is 0 Å². The Morgan fingerprint density at radius 2 is 2.38 bits per heavy atom. The molecule has 1 heterocycles. The number of primary sulfonamides is 1. The van der Waals surface area contributed by atoms with E-state index in [4.69, 9.17) is 21.5 Å². The summed E-state index contributed by atoms with van der Waals surface area (Å²) in [4.78, 5) is 0. The lowest BCUT2D eigenvalue weighted by atomic mass is 10.7. The van der Waals surface area contributed by atoms with E-state index in [1.807, 2.05) is 0 Å². The van der Waals surface area contributed by atoms with Crippen molar-refractivity contribution in [1.29, 1.82) is 0 Å². The minimum Gasteiger partial charge on any atom is -0.362 e. The van der Waals surface area contributed by atoms with Gasteiger partial charge in [-0.25, -0.2) is 18.2 Å². The van der Waals surface area contributed by atoms with Crippen molar-refractivity contribution in [3.8, 4) is 0 Å². The second kappa shape index (κ2) is 3.62. The molecule has 6 nitrogen and oxygen atoms in total. The molecule has 13 heavy (non-hydrogen) atoms. The van der Waals surface area contributed by atoms with Crippen LogP contribution in [-0.2, 0) is 21.5 Å². The van der Waals surface area contributed by atoms with Crippen molar-refractivity contribution in [2.75, 3.05) is 7.11 Å². The molecule has 0 aliphatic carbocycles. The number of nitrogens with zero attached hydrogens (tertiary/aromatic N) is 2. The lowest BCUT2D eigenvalue weighted by molar-refractivity contribution is 0.113. The van der Waals surface area contributed by atoms with Gasteiger partial charge in [0.1, 0.15) is 6.73 Å². The highest BCUT2D eigenvalue weighted by Gasteiger charge is 2.19. The van der Waals surface area contributed by atoms with Crippen LogP contribution in [0.4, 0.5) is 0 Å². The Bertz CT molecular complexity index is 399. The van der Waals surface area contributed by atoms with Gasteiger partial charge in [-0.1, -0.05) is 11.6 Å². The summed E-state index contributed by atoms with van der Waals surface area (Å²) in [5, 5.41) is 8.32. The van der Waals surface area contributed by atoms with Crippen LogP contribution in [0.1, 0.15) is 0 Å². The Hall–Kier alpha value is -0.630. The first kappa shape index (κ1) is 10.5. The molecule has 0 aliphatic rings. The fourth-order valence-electron chi connectivity index (χ4n) is 0.848. The van der Waals surface area contributed by atoms with Crippen LogP contribution in [0.5, 0.6) is 0 Å². The van der Waals surface area contributed by atoms with Crippen molar-refractivity contribution in [1.82, 2.24) is 9.78 Å². The largest absolute Gasteiger partial charge is 0.362 e. The van der Waals surface area contributed by atoms with Crippen LogP contribution in [0, 0.1) is 0 Å². The number of methoxy groups -OCH3 is 1. The van der Waals surface area contributed by atoms with E-state index in [2.05, 4.69) is 5.10 Å². The maximum Gasteiger partial charge on any atom is 0.256 e. The number of nitrogens with two attached hydrogens (primary N) is 1. The summed E-state index contributed by atoms with van der Waals surface area (Å²) in [5.74, 6) is 0. The zero-order chi connectivity index (χ0) is 10.1. The maximum absolute atomic E-state index is 11.0. The third-order valence-corrected chi connectivity index (χ3v) is 2.63. The summed E-state index contributed by atoms with van der Waals surface area (Å²) in [6, 6.07) is 0. The Kier molecular flexibility index (Phi) is 2.91. The van der Waals surface area contributed by atoms with Gasteiger partial charge in [-0.05, 0) is 0 Å². The van der Waals surface area contributed by atoms with Crippen LogP contribution in [0.15, 0.2) is 11.2 Å². The molecule has 1 rings (SSSR count). The second-order valence-corrected chi connectivity index (χ2v) is 4.14. The SMILES string of the molecule is COCn1ncc(Cl)c1S(N)(=O)=O. The summed E-state index contributed by atoms with van der Waals surface area (Å²) >= 11 is 5.57. The molecule has 74 valence electrons. The van der Waals surface area contributed by atoms with Gasteiger partial charge >= 0.3 is 0 Å². The molecule has 0 spiro atoms. The zero-order valence-electron chi connectivity index (χ0n) is 6.77. The summed E-state index contributed by atoms with van der Waals surface area (Å²) in [6.07, 6.45) is 1.19. The van der Waals surface area contributed by atoms with Crippen LogP contribution >= 0.6 is 11.6 Å². The zero-order valence-corrected chi connectivity index (χ0v) is 8.34. The average molecular weight is 226 g/mol. The van der Waals surface area contributed by atoms with E-state index in [9.17, 15) is 8.42 Å². The molecule has 0 radical (unpaired) electrons. The Morgan fingerprint density at radius 1 is 1.77 bits per heavy atom. The standard InChI is InChI=1S/C5H8ClN3O3S/c1-12-3-9-5(13(7,10)11)4(6)2-8-9/h2H,3H2,1H3,(H2,7,10,11). The minimum atomic E-state index is -3.85. The quantitative estimate of drug-likeness (QED) is 0.771. The summed E-state index contributed by atoms with van der Waals surface area (Å²) < 4.78 is 27.7. The first-order valence-electron chi connectivity index (χ1n) is 3.20. The van der Waals surface area contributed by atoms with Crippen molar-refractivity contribution >= 4 is 21.6 Å². The number of halogens is 1. The predicted octanol–water partition coefficient (Wildman–Crippen LogP) is -0.212. The van der Waals surface area contributed by atoms with Gasteiger partial charge in [0.25, 0.3) is 10.0 Å². The van der Waals surface area contributed by atoms with E-state index in [-0.39, 0.29) is 16.8 Å². The number of sulfonamides is 1. The third kappa shape index (κ3) is 2.19. The average Bonchev–Trinajstić information content (AvgIpc) is 2.31. The van der Waals surface area contributed by atoms with Crippen LogP contribution in [-0.4, -0.2) is 25.3 Å². The normalized spacial score (nSPS) is 11.9. The Morgan fingerprint density at radius 3 is 2.85 bits per heavy atom. The van der Waals surface area contributed by atoms with Crippen molar-refractivity contribution in [2.24, 2.45) is 5.14 Å². The molecule has 8 heteroatoms. The van der Waals surface area contributed by atoms with E-state index in [0.717, 1.165) is 4.68 Å².